The number of carboxylic acid groups (broad SMARTS) is 2. The SMILES string of the molecule is CCC1(C(=O)O)CCCN(C(=O)O)CC1=O. The second kappa shape index (κ2) is 4.51. The topological polar surface area (TPSA) is 94.9 Å². The van der Waals surface area contributed by atoms with Crippen LogP contribution in [-0.4, -0.2) is 46.0 Å². The van der Waals surface area contributed by atoms with E-state index in [1.54, 1.807) is 6.92 Å². The molecule has 16 heavy (non-hydrogen) atoms. The Morgan fingerprint density at radius 2 is 2.06 bits per heavy atom. The number of Topliss-reactive ketones (excluding diaryl/α,β-unsaturated/α-hetero) is 1. The van der Waals surface area contributed by atoms with Gasteiger partial charge < -0.3 is 15.1 Å². The van der Waals surface area contributed by atoms with Crippen LogP contribution in [0.5, 0.6) is 0 Å². The van der Waals surface area contributed by atoms with Crippen LogP contribution >= 0.6 is 0 Å². The van der Waals surface area contributed by atoms with E-state index in [1.807, 2.05) is 0 Å². The normalized spacial score (nSPS) is 26.3. The smallest absolute Gasteiger partial charge is 0.407 e. The van der Waals surface area contributed by atoms with Gasteiger partial charge in [-0.1, -0.05) is 6.92 Å². The molecular formula is C10H15NO5. The quantitative estimate of drug-likeness (QED) is 0.683. The van der Waals surface area contributed by atoms with Crippen molar-refractivity contribution in [2.24, 2.45) is 5.41 Å². The molecule has 0 spiro atoms. The minimum Gasteiger partial charge on any atom is -0.480 e. The fourth-order valence-corrected chi connectivity index (χ4v) is 2.03. The maximum atomic E-state index is 11.8. The third-order valence-electron chi connectivity index (χ3n) is 3.18. The van der Waals surface area contributed by atoms with E-state index in [1.165, 1.54) is 0 Å². The molecule has 2 N–H and O–H groups in total. The Bertz CT molecular complexity index is 327. The van der Waals surface area contributed by atoms with Crippen molar-refractivity contribution in [3.05, 3.63) is 0 Å². The van der Waals surface area contributed by atoms with Crippen LogP contribution in [0.2, 0.25) is 0 Å². The maximum Gasteiger partial charge on any atom is 0.407 e. The molecule has 1 saturated heterocycles. The number of rotatable bonds is 2. The van der Waals surface area contributed by atoms with Gasteiger partial charge in [-0.05, 0) is 19.3 Å². The minimum atomic E-state index is -1.40. The summed E-state index contributed by atoms with van der Waals surface area (Å²) in [6, 6.07) is 0. The Balaban J connectivity index is 2.95. The number of ketones is 1. The third kappa shape index (κ3) is 2.00. The molecule has 0 radical (unpaired) electrons. The molecule has 6 nitrogen and oxygen atoms in total. The van der Waals surface area contributed by atoms with Crippen molar-refractivity contribution < 1.29 is 24.6 Å². The van der Waals surface area contributed by atoms with Gasteiger partial charge in [0.15, 0.2) is 5.78 Å². The molecule has 1 aliphatic heterocycles. The third-order valence-corrected chi connectivity index (χ3v) is 3.18. The molecule has 1 atom stereocenters. The molecule has 1 fully saturated rings. The first-order chi connectivity index (χ1) is 7.44. The van der Waals surface area contributed by atoms with Crippen molar-refractivity contribution in [3.63, 3.8) is 0 Å². The van der Waals surface area contributed by atoms with Crippen molar-refractivity contribution in [1.29, 1.82) is 0 Å². The summed E-state index contributed by atoms with van der Waals surface area (Å²) in [5, 5.41) is 17.9. The van der Waals surface area contributed by atoms with Gasteiger partial charge in [-0.2, -0.15) is 0 Å². The lowest BCUT2D eigenvalue weighted by atomic mass is 9.77. The number of amides is 1. The Hall–Kier alpha value is -1.59. The molecule has 1 unspecified atom stereocenters. The molecule has 0 aromatic rings. The van der Waals surface area contributed by atoms with Crippen LogP contribution in [0.1, 0.15) is 26.2 Å². The number of carbonyl (C=O) groups excluding carboxylic acids is 1. The van der Waals surface area contributed by atoms with Gasteiger partial charge in [0.1, 0.15) is 5.41 Å². The first-order valence-corrected chi connectivity index (χ1v) is 5.18. The highest BCUT2D eigenvalue weighted by Crippen LogP contribution is 2.32. The van der Waals surface area contributed by atoms with E-state index in [0.29, 0.717) is 6.42 Å². The average Bonchev–Trinajstić information content (AvgIpc) is 2.37. The lowest BCUT2D eigenvalue weighted by Crippen LogP contribution is -2.43. The lowest BCUT2D eigenvalue weighted by Gasteiger charge is -2.24. The summed E-state index contributed by atoms with van der Waals surface area (Å²) >= 11 is 0. The molecule has 0 aromatic carbocycles. The zero-order valence-electron chi connectivity index (χ0n) is 9.10. The van der Waals surface area contributed by atoms with Gasteiger partial charge in [-0.15, -0.1) is 0 Å². The first-order valence-electron chi connectivity index (χ1n) is 5.18. The molecule has 90 valence electrons. The standard InChI is InChI=1S/C10H15NO5/c1-2-10(8(13)14)4-3-5-11(9(15)16)6-7(10)12/h2-6H2,1H3,(H,13,14)(H,15,16). The fraction of sp³-hybridized carbons (Fsp3) is 0.700. The van der Waals surface area contributed by atoms with Gasteiger partial charge in [0.25, 0.3) is 0 Å². The summed E-state index contributed by atoms with van der Waals surface area (Å²) in [5.74, 6) is -1.66. The molecule has 1 rings (SSSR count). The highest BCUT2D eigenvalue weighted by molar-refractivity contribution is 6.04. The second-order valence-corrected chi connectivity index (χ2v) is 3.97. The van der Waals surface area contributed by atoms with E-state index in [9.17, 15) is 14.4 Å². The van der Waals surface area contributed by atoms with Gasteiger partial charge >= 0.3 is 12.1 Å². The van der Waals surface area contributed by atoms with Gasteiger partial charge in [0, 0.05) is 6.54 Å². The van der Waals surface area contributed by atoms with Crippen molar-refractivity contribution in [3.8, 4) is 0 Å². The molecule has 0 aliphatic carbocycles. The van der Waals surface area contributed by atoms with Gasteiger partial charge in [-0.3, -0.25) is 9.59 Å². The number of likely N-dealkylation sites (tertiary alicyclic amines) is 1. The number of aliphatic carboxylic acids is 1. The molecule has 6 heteroatoms. The van der Waals surface area contributed by atoms with E-state index in [2.05, 4.69) is 0 Å². The van der Waals surface area contributed by atoms with Crippen LogP contribution in [-0.2, 0) is 9.59 Å². The predicted octanol–water partition coefficient (Wildman–Crippen LogP) is 0.810. The molecule has 0 bridgehead atoms. The predicted molar refractivity (Wildman–Crippen MR) is 54.2 cm³/mol. The van der Waals surface area contributed by atoms with Crippen LogP contribution in [0.3, 0.4) is 0 Å². The van der Waals surface area contributed by atoms with Crippen molar-refractivity contribution in [1.82, 2.24) is 4.90 Å². The Morgan fingerprint density at radius 1 is 1.44 bits per heavy atom. The van der Waals surface area contributed by atoms with Crippen LogP contribution in [0.4, 0.5) is 4.79 Å². The van der Waals surface area contributed by atoms with Gasteiger partial charge in [0.05, 0.1) is 6.54 Å². The summed E-state index contributed by atoms with van der Waals surface area (Å²) in [6.45, 7) is 1.54. The van der Waals surface area contributed by atoms with E-state index >= 15 is 0 Å². The summed E-state index contributed by atoms with van der Waals surface area (Å²) < 4.78 is 0. The molecule has 1 heterocycles. The highest BCUT2D eigenvalue weighted by atomic mass is 16.4. The monoisotopic (exact) mass is 229 g/mol. The van der Waals surface area contributed by atoms with Crippen LogP contribution in [0.25, 0.3) is 0 Å². The zero-order chi connectivity index (χ0) is 12.3. The number of hydrogen-bond donors (Lipinski definition) is 2. The Kier molecular flexibility index (Phi) is 3.51. The summed E-state index contributed by atoms with van der Waals surface area (Å²) in [4.78, 5) is 34.7. The number of nitrogens with zero attached hydrogens (tertiary/aromatic N) is 1. The number of carboxylic acids is 1. The van der Waals surface area contributed by atoms with Gasteiger partial charge in [-0.25, -0.2) is 4.79 Å². The van der Waals surface area contributed by atoms with Crippen molar-refractivity contribution >= 4 is 17.8 Å². The van der Waals surface area contributed by atoms with Crippen LogP contribution in [0.15, 0.2) is 0 Å². The first kappa shape index (κ1) is 12.5. The minimum absolute atomic E-state index is 0.203. The van der Waals surface area contributed by atoms with E-state index in [4.69, 9.17) is 10.2 Å². The van der Waals surface area contributed by atoms with Crippen molar-refractivity contribution in [2.75, 3.05) is 13.1 Å². The molecular weight excluding hydrogens is 214 g/mol. The summed E-state index contributed by atoms with van der Waals surface area (Å²) in [5.41, 5.74) is -1.40. The largest absolute Gasteiger partial charge is 0.480 e. The number of hydrogen-bond acceptors (Lipinski definition) is 3. The average molecular weight is 229 g/mol. The van der Waals surface area contributed by atoms with Crippen LogP contribution < -0.4 is 0 Å². The Morgan fingerprint density at radius 3 is 2.50 bits per heavy atom. The molecule has 1 amide bonds. The zero-order valence-corrected chi connectivity index (χ0v) is 9.10. The highest BCUT2D eigenvalue weighted by Gasteiger charge is 2.46. The second-order valence-electron chi connectivity index (χ2n) is 3.97. The summed E-state index contributed by atoms with van der Waals surface area (Å²) in [7, 11) is 0. The molecule has 0 aromatic heterocycles. The van der Waals surface area contributed by atoms with Gasteiger partial charge in [0.2, 0.25) is 0 Å². The Labute approximate surface area is 92.9 Å². The van der Waals surface area contributed by atoms with E-state index < -0.39 is 23.3 Å². The van der Waals surface area contributed by atoms with Crippen LogP contribution in [0, 0.1) is 5.41 Å². The van der Waals surface area contributed by atoms with Crippen molar-refractivity contribution in [2.45, 2.75) is 26.2 Å². The fourth-order valence-electron chi connectivity index (χ4n) is 2.03. The van der Waals surface area contributed by atoms with E-state index in [0.717, 1.165) is 4.90 Å². The molecule has 0 saturated carbocycles. The maximum absolute atomic E-state index is 11.8. The summed E-state index contributed by atoms with van der Waals surface area (Å²) in [6.07, 6.45) is -0.362. The number of carbonyl (C=O) groups is 3. The van der Waals surface area contributed by atoms with E-state index in [-0.39, 0.29) is 25.9 Å². The lowest BCUT2D eigenvalue weighted by molar-refractivity contribution is -0.155. The molecule has 1 aliphatic rings.